The third-order valence-electron chi connectivity index (χ3n) is 4.89. The molecule has 0 atom stereocenters. The molecule has 0 spiro atoms. The summed E-state index contributed by atoms with van der Waals surface area (Å²) in [4.78, 5) is 12.4. The number of carbonyl (C=O) groups excluding carboxylic acids is 1. The summed E-state index contributed by atoms with van der Waals surface area (Å²) in [5, 5.41) is 12.1. The van der Waals surface area contributed by atoms with Crippen molar-refractivity contribution in [1.29, 1.82) is 0 Å². The van der Waals surface area contributed by atoms with Gasteiger partial charge in [-0.3, -0.25) is 9.89 Å². The SMILES string of the molecule is CCn1c(-c2cc(NC(=O)Cc3cccc(Cl)c3)n[nH]2)c(C)c2ccccc21. The van der Waals surface area contributed by atoms with Crippen molar-refractivity contribution < 1.29 is 4.79 Å². The highest BCUT2D eigenvalue weighted by molar-refractivity contribution is 6.30. The molecule has 0 aliphatic rings. The zero-order valence-electron chi connectivity index (χ0n) is 15.8. The van der Waals surface area contributed by atoms with Crippen LogP contribution in [0.5, 0.6) is 0 Å². The Kier molecular flexibility index (Phi) is 4.92. The van der Waals surface area contributed by atoms with Gasteiger partial charge in [0.15, 0.2) is 5.82 Å². The maximum atomic E-state index is 12.4. The average Bonchev–Trinajstić information content (AvgIpc) is 3.24. The lowest BCUT2D eigenvalue weighted by Gasteiger charge is -2.06. The predicted octanol–water partition coefficient (Wildman–Crippen LogP) is 5.19. The number of rotatable bonds is 5. The molecule has 2 aromatic heterocycles. The molecule has 2 aromatic carbocycles. The van der Waals surface area contributed by atoms with Gasteiger partial charge in [-0.1, -0.05) is 41.9 Å². The van der Waals surface area contributed by atoms with Crippen LogP contribution in [0.3, 0.4) is 0 Å². The van der Waals surface area contributed by atoms with E-state index in [-0.39, 0.29) is 12.3 Å². The first-order valence-electron chi connectivity index (χ1n) is 9.24. The third kappa shape index (κ3) is 3.41. The normalized spacial score (nSPS) is 11.1. The maximum absolute atomic E-state index is 12.4. The van der Waals surface area contributed by atoms with Gasteiger partial charge >= 0.3 is 0 Å². The van der Waals surface area contributed by atoms with Crippen LogP contribution < -0.4 is 5.32 Å². The highest BCUT2D eigenvalue weighted by atomic mass is 35.5. The molecule has 0 aliphatic heterocycles. The molecular weight excluding hydrogens is 372 g/mol. The van der Waals surface area contributed by atoms with E-state index in [9.17, 15) is 4.79 Å². The molecule has 2 heterocycles. The highest BCUT2D eigenvalue weighted by Gasteiger charge is 2.17. The molecule has 2 N–H and O–H groups in total. The average molecular weight is 393 g/mol. The first-order valence-corrected chi connectivity index (χ1v) is 9.62. The number of nitrogens with zero attached hydrogens (tertiary/aromatic N) is 2. The largest absolute Gasteiger partial charge is 0.339 e. The second-order valence-corrected chi connectivity index (χ2v) is 7.19. The van der Waals surface area contributed by atoms with E-state index in [4.69, 9.17) is 11.6 Å². The summed E-state index contributed by atoms with van der Waals surface area (Å²) in [5.74, 6) is 0.377. The zero-order chi connectivity index (χ0) is 19.7. The van der Waals surface area contributed by atoms with Crippen molar-refractivity contribution in [3.8, 4) is 11.4 Å². The summed E-state index contributed by atoms with van der Waals surface area (Å²) in [5.41, 5.74) is 5.22. The van der Waals surface area contributed by atoms with Crippen molar-refractivity contribution in [3.05, 3.63) is 70.7 Å². The Balaban J connectivity index is 1.59. The van der Waals surface area contributed by atoms with Gasteiger partial charge in [-0.2, -0.15) is 5.10 Å². The standard InChI is InChI=1S/C22H21ClN4O/c1-3-27-19-10-5-4-9-17(19)14(2)22(27)18-13-20(26-25-18)24-21(28)12-15-7-6-8-16(23)11-15/h4-11,13H,3,12H2,1-2H3,(H2,24,25,26,28). The summed E-state index contributed by atoms with van der Waals surface area (Å²) in [6.07, 6.45) is 0.247. The van der Waals surface area contributed by atoms with Gasteiger partial charge in [0.25, 0.3) is 0 Å². The van der Waals surface area contributed by atoms with Crippen LogP contribution >= 0.6 is 11.6 Å². The predicted molar refractivity (Wildman–Crippen MR) is 114 cm³/mol. The summed E-state index contributed by atoms with van der Waals surface area (Å²) >= 11 is 5.99. The zero-order valence-corrected chi connectivity index (χ0v) is 16.5. The third-order valence-corrected chi connectivity index (χ3v) is 5.13. The fourth-order valence-corrected chi connectivity index (χ4v) is 3.89. The lowest BCUT2D eigenvalue weighted by atomic mass is 10.1. The van der Waals surface area contributed by atoms with Gasteiger partial charge in [0, 0.05) is 28.5 Å². The number of hydrogen-bond donors (Lipinski definition) is 2. The molecular formula is C22H21ClN4O. The van der Waals surface area contributed by atoms with Crippen molar-refractivity contribution in [3.63, 3.8) is 0 Å². The van der Waals surface area contributed by atoms with E-state index >= 15 is 0 Å². The number of aryl methyl sites for hydroxylation is 2. The number of aromatic amines is 1. The quantitative estimate of drug-likeness (QED) is 0.490. The summed E-state index contributed by atoms with van der Waals surface area (Å²) < 4.78 is 2.26. The van der Waals surface area contributed by atoms with Gasteiger partial charge in [0.05, 0.1) is 17.8 Å². The molecule has 0 saturated heterocycles. The van der Waals surface area contributed by atoms with Crippen LogP contribution in [0.25, 0.3) is 22.3 Å². The number of H-pyrrole nitrogens is 1. The van der Waals surface area contributed by atoms with E-state index in [1.54, 1.807) is 12.1 Å². The molecule has 6 heteroatoms. The van der Waals surface area contributed by atoms with E-state index in [1.165, 1.54) is 16.5 Å². The Labute approximate surface area is 168 Å². The minimum absolute atomic E-state index is 0.131. The lowest BCUT2D eigenvalue weighted by molar-refractivity contribution is -0.115. The number of para-hydroxylation sites is 1. The van der Waals surface area contributed by atoms with Gasteiger partial charge in [0.2, 0.25) is 5.91 Å². The van der Waals surface area contributed by atoms with E-state index in [2.05, 4.69) is 46.1 Å². The van der Waals surface area contributed by atoms with Gasteiger partial charge in [-0.15, -0.1) is 0 Å². The number of halogens is 1. The number of carbonyl (C=O) groups is 1. The summed E-state index contributed by atoms with van der Waals surface area (Å²) in [6, 6.07) is 17.5. The van der Waals surface area contributed by atoms with Crippen LogP contribution in [-0.2, 0) is 17.8 Å². The number of benzene rings is 2. The van der Waals surface area contributed by atoms with E-state index in [1.807, 2.05) is 30.3 Å². The van der Waals surface area contributed by atoms with Crippen molar-refractivity contribution in [2.24, 2.45) is 0 Å². The molecule has 28 heavy (non-hydrogen) atoms. The molecule has 0 fully saturated rings. The number of nitrogens with one attached hydrogen (secondary N) is 2. The van der Waals surface area contributed by atoms with Gasteiger partial charge in [0.1, 0.15) is 0 Å². The highest BCUT2D eigenvalue weighted by Crippen LogP contribution is 2.33. The van der Waals surface area contributed by atoms with Gasteiger partial charge < -0.3 is 9.88 Å². The second kappa shape index (κ2) is 7.52. The molecule has 4 rings (SSSR count). The van der Waals surface area contributed by atoms with Crippen LogP contribution in [0.4, 0.5) is 5.82 Å². The fraction of sp³-hybridized carbons (Fsp3) is 0.182. The van der Waals surface area contributed by atoms with Crippen molar-refractivity contribution in [1.82, 2.24) is 14.8 Å². The first-order chi connectivity index (χ1) is 13.6. The molecule has 0 radical (unpaired) electrons. The molecule has 142 valence electrons. The Bertz CT molecular complexity index is 1160. The minimum Gasteiger partial charge on any atom is -0.339 e. The van der Waals surface area contributed by atoms with Crippen molar-refractivity contribution in [2.75, 3.05) is 5.32 Å². The van der Waals surface area contributed by atoms with Crippen LogP contribution in [0.2, 0.25) is 5.02 Å². The van der Waals surface area contributed by atoms with Crippen LogP contribution in [0.1, 0.15) is 18.1 Å². The maximum Gasteiger partial charge on any atom is 0.229 e. The van der Waals surface area contributed by atoms with Gasteiger partial charge in [-0.05, 0) is 43.2 Å². The second-order valence-electron chi connectivity index (χ2n) is 6.76. The smallest absolute Gasteiger partial charge is 0.229 e. The first kappa shape index (κ1) is 18.3. The Morgan fingerprint density at radius 2 is 2.00 bits per heavy atom. The molecule has 0 aliphatic carbocycles. The van der Waals surface area contributed by atoms with Crippen LogP contribution in [0, 0.1) is 6.92 Å². The lowest BCUT2D eigenvalue weighted by Crippen LogP contribution is -2.14. The minimum atomic E-state index is -0.131. The van der Waals surface area contributed by atoms with Crippen molar-refractivity contribution >= 4 is 34.2 Å². The fourth-order valence-electron chi connectivity index (χ4n) is 3.68. The molecule has 5 nitrogen and oxygen atoms in total. The molecule has 1 amide bonds. The number of aromatic nitrogens is 3. The Hall–Kier alpha value is -3.05. The van der Waals surface area contributed by atoms with Crippen LogP contribution in [0.15, 0.2) is 54.6 Å². The van der Waals surface area contributed by atoms with Crippen molar-refractivity contribution in [2.45, 2.75) is 26.8 Å². The number of amides is 1. The number of hydrogen-bond acceptors (Lipinski definition) is 2. The molecule has 0 unspecified atom stereocenters. The number of fused-ring (bicyclic) bond motifs is 1. The van der Waals surface area contributed by atoms with E-state index in [0.29, 0.717) is 10.8 Å². The van der Waals surface area contributed by atoms with Crippen LogP contribution in [-0.4, -0.2) is 20.7 Å². The molecule has 0 bridgehead atoms. The monoisotopic (exact) mass is 392 g/mol. The Morgan fingerprint density at radius 3 is 2.79 bits per heavy atom. The molecule has 0 saturated carbocycles. The van der Waals surface area contributed by atoms with E-state index in [0.717, 1.165) is 23.5 Å². The van der Waals surface area contributed by atoms with Gasteiger partial charge in [-0.25, -0.2) is 0 Å². The summed E-state index contributed by atoms with van der Waals surface area (Å²) in [7, 11) is 0. The molecule has 4 aromatic rings. The topological polar surface area (TPSA) is 62.7 Å². The number of anilines is 1. The Morgan fingerprint density at radius 1 is 1.18 bits per heavy atom. The summed E-state index contributed by atoms with van der Waals surface area (Å²) in [6.45, 7) is 5.08. The van der Waals surface area contributed by atoms with E-state index < -0.39 is 0 Å².